The molecule has 8 heteroatoms. The van der Waals surface area contributed by atoms with E-state index in [9.17, 15) is 19.7 Å². The molecule has 20 heavy (non-hydrogen) atoms. The summed E-state index contributed by atoms with van der Waals surface area (Å²) in [6, 6.07) is 5.26. The molecule has 0 radical (unpaired) electrons. The highest BCUT2D eigenvalue weighted by Gasteiger charge is 2.14. The van der Waals surface area contributed by atoms with Crippen molar-refractivity contribution < 1.29 is 19.6 Å². The quantitative estimate of drug-likeness (QED) is 0.601. The van der Waals surface area contributed by atoms with Crippen molar-refractivity contribution >= 4 is 17.7 Å². The molecular formula is C12H15N3O5. The number of aliphatic carboxylic acids is 1. The summed E-state index contributed by atoms with van der Waals surface area (Å²) in [6.45, 7) is 1.75. The minimum Gasteiger partial charge on any atom is -0.480 e. The number of urea groups is 1. The molecule has 0 heterocycles. The third-order valence-electron chi connectivity index (χ3n) is 2.59. The van der Waals surface area contributed by atoms with Crippen LogP contribution in [0.4, 0.5) is 10.5 Å². The van der Waals surface area contributed by atoms with E-state index in [2.05, 4.69) is 5.32 Å². The number of hydrogen-bond acceptors (Lipinski definition) is 4. The van der Waals surface area contributed by atoms with Crippen molar-refractivity contribution in [3.05, 3.63) is 39.9 Å². The topological polar surface area (TPSA) is 113 Å². The Morgan fingerprint density at radius 3 is 2.40 bits per heavy atom. The molecule has 0 aliphatic heterocycles. The molecule has 0 fully saturated rings. The number of rotatable bonds is 6. The number of nitrogens with one attached hydrogen (secondary N) is 1. The predicted octanol–water partition coefficient (Wildman–Crippen LogP) is 1.21. The smallest absolute Gasteiger partial charge is 0.323 e. The average molecular weight is 281 g/mol. The number of nitro groups is 1. The molecule has 0 saturated carbocycles. The zero-order chi connectivity index (χ0) is 15.1. The van der Waals surface area contributed by atoms with Gasteiger partial charge in [0.1, 0.15) is 6.54 Å². The van der Waals surface area contributed by atoms with E-state index in [-0.39, 0.29) is 25.3 Å². The summed E-state index contributed by atoms with van der Waals surface area (Å²) in [7, 11) is 0. The number of benzene rings is 1. The van der Waals surface area contributed by atoms with Gasteiger partial charge in [-0.2, -0.15) is 0 Å². The summed E-state index contributed by atoms with van der Waals surface area (Å²) < 4.78 is 0. The average Bonchev–Trinajstić information content (AvgIpc) is 2.42. The lowest BCUT2D eigenvalue weighted by atomic mass is 10.2. The molecule has 108 valence electrons. The number of carboxylic acid groups (broad SMARTS) is 1. The van der Waals surface area contributed by atoms with E-state index in [4.69, 9.17) is 5.11 Å². The van der Waals surface area contributed by atoms with Crippen molar-refractivity contribution in [3.63, 3.8) is 0 Å². The van der Waals surface area contributed by atoms with Crippen LogP contribution >= 0.6 is 0 Å². The molecule has 2 N–H and O–H groups in total. The van der Waals surface area contributed by atoms with Gasteiger partial charge in [0.2, 0.25) is 0 Å². The van der Waals surface area contributed by atoms with E-state index in [1.165, 1.54) is 24.3 Å². The van der Waals surface area contributed by atoms with Crippen molar-refractivity contribution in [2.45, 2.75) is 13.5 Å². The van der Waals surface area contributed by atoms with Crippen molar-refractivity contribution in [1.29, 1.82) is 0 Å². The van der Waals surface area contributed by atoms with Crippen LogP contribution < -0.4 is 5.32 Å². The van der Waals surface area contributed by atoms with Crippen LogP contribution in [0.15, 0.2) is 24.3 Å². The fraction of sp³-hybridized carbons (Fsp3) is 0.333. The van der Waals surface area contributed by atoms with E-state index in [1.807, 2.05) is 0 Å². The van der Waals surface area contributed by atoms with Gasteiger partial charge in [0.05, 0.1) is 4.92 Å². The summed E-state index contributed by atoms with van der Waals surface area (Å²) in [6.07, 6.45) is 0. The zero-order valence-electron chi connectivity index (χ0n) is 10.9. The summed E-state index contributed by atoms with van der Waals surface area (Å²) in [5, 5.41) is 21.7. The van der Waals surface area contributed by atoms with Gasteiger partial charge in [0.25, 0.3) is 5.69 Å². The molecule has 0 atom stereocenters. The van der Waals surface area contributed by atoms with Crippen LogP contribution in [0.2, 0.25) is 0 Å². The second kappa shape index (κ2) is 7.07. The van der Waals surface area contributed by atoms with Gasteiger partial charge in [-0.1, -0.05) is 12.1 Å². The molecular weight excluding hydrogens is 266 g/mol. The lowest BCUT2D eigenvalue weighted by Crippen LogP contribution is -2.42. The van der Waals surface area contributed by atoms with Gasteiger partial charge in [-0.3, -0.25) is 14.9 Å². The molecule has 0 aliphatic carbocycles. The van der Waals surface area contributed by atoms with Gasteiger partial charge in [-0.25, -0.2) is 4.79 Å². The normalized spacial score (nSPS) is 9.85. The highest BCUT2D eigenvalue weighted by atomic mass is 16.6. The minimum atomic E-state index is -1.09. The van der Waals surface area contributed by atoms with Crippen molar-refractivity contribution in [2.75, 3.05) is 13.1 Å². The van der Waals surface area contributed by atoms with Crippen molar-refractivity contribution in [1.82, 2.24) is 10.2 Å². The molecule has 2 amide bonds. The lowest BCUT2D eigenvalue weighted by Gasteiger charge is -2.19. The van der Waals surface area contributed by atoms with Gasteiger partial charge in [0.15, 0.2) is 0 Å². The Morgan fingerprint density at radius 1 is 1.35 bits per heavy atom. The second-order valence-corrected chi connectivity index (χ2v) is 3.99. The number of carboxylic acids is 1. The first-order chi connectivity index (χ1) is 9.43. The summed E-state index contributed by atoms with van der Waals surface area (Å²) in [5.41, 5.74) is 0.663. The van der Waals surface area contributed by atoms with E-state index >= 15 is 0 Å². The van der Waals surface area contributed by atoms with Gasteiger partial charge in [-0.05, 0) is 12.5 Å². The Hall–Kier alpha value is -2.64. The predicted molar refractivity (Wildman–Crippen MR) is 70.2 cm³/mol. The maximum absolute atomic E-state index is 11.7. The van der Waals surface area contributed by atoms with E-state index in [0.717, 1.165) is 4.90 Å². The first-order valence-electron chi connectivity index (χ1n) is 5.92. The number of nitrogens with zero attached hydrogens (tertiary/aromatic N) is 2. The molecule has 8 nitrogen and oxygen atoms in total. The van der Waals surface area contributed by atoms with Crippen molar-refractivity contribution in [2.24, 2.45) is 0 Å². The van der Waals surface area contributed by atoms with Crippen LogP contribution in [0, 0.1) is 10.1 Å². The molecule has 0 bridgehead atoms. The molecule has 1 rings (SSSR count). The SMILES string of the molecule is CCN(CC(=O)O)C(=O)NCc1ccc([N+](=O)[O-])cc1. The van der Waals surface area contributed by atoms with Crippen LogP contribution in [0.25, 0.3) is 0 Å². The van der Waals surface area contributed by atoms with Crippen molar-refractivity contribution in [3.8, 4) is 0 Å². The summed E-state index contributed by atoms with van der Waals surface area (Å²) in [5.74, 6) is -1.09. The molecule has 0 unspecified atom stereocenters. The number of carbonyl (C=O) groups is 2. The molecule has 1 aromatic carbocycles. The third kappa shape index (κ3) is 4.56. The zero-order valence-corrected chi connectivity index (χ0v) is 10.9. The Labute approximate surface area is 115 Å². The monoisotopic (exact) mass is 281 g/mol. The van der Waals surface area contributed by atoms with Crippen LogP contribution in [0.1, 0.15) is 12.5 Å². The van der Waals surface area contributed by atoms with Crippen LogP contribution in [0.5, 0.6) is 0 Å². The Balaban J connectivity index is 2.55. The maximum atomic E-state index is 11.7. The van der Waals surface area contributed by atoms with E-state index in [1.54, 1.807) is 6.92 Å². The van der Waals surface area contributed by atoms with Crippen LogP contribution in [0.3, 0.4) is 0 Å². The maximum Gasteiger partial charge on any atom is 0.323 e. The number of amides is 2. The van der Waals surface area contributed by atoms with E-state index in [0.29, 0.717) is 5.56 Å². The molecule has 0 aromatic heterocycles. The first kappa shape index (κ1) is 15.4. The van der Waals surface area contributed by atoms with E-state index < -0.39 is 16.9 Å². The summed E-state index contributed by atoms with van der Waals surface area (Å²) in [4.78, 5) is 33.4. The minimum absolute atomic E-state index is 0.0267. The fourth-order valence-electron chi connectivity index (χ4n) is 1.52. The van der Waals surface area contributed by atoms with Gasteiger partial charge < -0.3 is 15.3 Å². The highest BCUT2D eigenvalue weighted by molar-refractivity contribution is 5.80. The number of hydrogen-bond donors (Lipinski definition) is 2. The second-order valence-electron chi connectivity index (χ2n) is 3.99. The van der Waals surface area contributed by atoms with Gasteiger partial charge in [0, 0.05) is 25.2 Å². The molecule has 0 aliphatic rings. The lowest BCUT2D eigenvalue weighted by molar-refractivity contribution is -0.384. The Kier molecular flexibility index (Phi) is 5.45. The van der Waals surface area contributed by atoms with Gasteiger partial charge in [-0.15, -0.1) is 0 Å². The number of nitro benzene ring substituents is 1. The molecule has 0 saturated heterocycles. The number of carbonyl (C=O) groups excluding carboxylic acids is 1. The number of likely N-dealkylation sites (N-methyl/N-ethyl adjacent to an activating group) is 1. The molecule has 1 aromatic rings. The summed E-state index contributed by atoms with van der Waals surface area (Å²) >= 11 is 0. The Morgan fingerprint density at radius 2 is 1.95 bits per heavy atom. The Bertz CT molecular complexity index is 500. The largest absolute Gasteiger partial charge is 0.480 e. The standard InChI is InChI=1S/C12H15N3O5/c1-2-14(8-11(16)17)12(18)13-7-9-3-5-10(6-4-9)15(19)20/h3-6H,2,7-8H2,1H3,(H,13,18)(H,16,17). The number of non-ortho nitro benzene ring substituents is 1. The van der Waals surface area contributed by atoms with Gasteiger partial charge >= 0.3 is 12.0 Å². The van der Waals surface area contributed by atoms with Crippen LogP contribution in [-0.4, -0.2) is 40.0 Å². The highest BCUT2D eigenvalue weighted by Crippen LogP contribution is 2.11. The first-order valence-corrected chi connectivity index (χ1v) is 5.92. The molecule has 0 spiro atoms. The third-order valence-corrected chi connectivity index (χ3v) is 2.59. The fourth-order valence-corrected chi connectivity index (χ4v) is 1.52. The van der Waals surface area contributed by atoms with Crippen LogP contribution in [-0.2, 0) is 11.3 Å².